The van der Waals surface area contributed by atoms with Crippen LogP contribution in [0.2, 0.25) is 0 Å². The fraction of sp³-hybridized carbons (Fsp3) is 0.333. The summed E-state index contributed by atoms with van der Waals surface area (Å²) in [4.78, 5) is 20.1. The zero-order valence-corrected chi connectivity index (χ0v) is 16.2. The van der Waals surface area contributed by atoms with Gasteiger partial charge in [0.25, 0.3) is 0 Å². The molecule has 2 aromatic carbocycles. The van der Waals surface area contributed by atoms with Crippen molar-refractivity contribution < 1.29 is 14.3 Å². The van der Waals surface area contributed by atoms with E-state index in [4.69, 9.17) is 9.47 Å². The highest BCUT2D eigenvalue weighted by atomic mass is 16.5. The maximum atomic E-state index is 12.1. The zero-order chi connectivity index (χ0) is 19.4. The minimum Gasteiger partial charge on any atom is -0.493 e. The second-order valence-electron chi connectivity index (χ2n) is 6.49. The molecule has 0 saturated carbocycles. The second kappa shape index (κ2) is 8.12. The van der Waals surface area contributed by atoms with Crippen molar-refractivity contribution in [2.45, 2.75) is 33.1 Å². The molecule has 0 spiro atoms. The van der Waals surface area contributed by atoms with Gasteiger partial charge in [-0.25, -0.2) is 4.98 Å². The molecule has 1 aromatic heterocycles. The Kier molecular flexibility index (Phi) is 5.64. The van der Waals surface area contributed by atoms with Gasteiger partial charge in [0.05, 0.1) is 25.3 Å². The van der Waals surface area contributed by atoms with Crippen LogP contribution in [-0.4, -0.2) is 30.1 Å². The van der Waals surface area contributed by atoms with E-state index in [-0.39, 0.29) is 5.91 Å². The number of hydrogen-bond acceptors (Lipinski definition) is 4. The van der Waals surface area contributed by atoms with E-state index in [1.165, 1.54) is 0 Å². The van der Waals surface area contributed by atoms with Crippen LogP contribution in [0.4, 0.5) is 5.69 Å². The van der Waals surface area contributed by atoms with Crippen LogP contribution in [0.25, 0.3) is 22.4 Å². The molecule has 0 radical (unpaired) electrons. The predicted molar refractivity (Wildman–Crippen MR) is 108 cm³/mol. The molecule has 3 rings (SSSR count). The Morgan fingerprint density at radius 1 is 1.15 bits per heavy atom. The number of rotatable bonds is 7. The number of anilines is 1. The van der Waals surface area contributed by atoms with Gasteiger partial charge >= 0.3 is 0 Å². The molecule has 0 atom stereocenters. The van der Waals surface area contributed by atoms with Gasteiger partial charge in [-0.1, -0.05) is 25.5 Å². The van der Waals surface area contributed by atoms with Crippen LogP contribution >= 0.6 is 0 Å². The summed E-state index contributed by atoms with van der Waals surface area (Å²) < 4.78 is 10.7. The highest BCUT2D eigenvalue weighted by molar-refractivity contribution is 5.92. The second-order valence-corrected chi connectivity index (χ2v) is 6.49. The van der Waals surface area contributed by atoms with Crippen LogP contribution < -0.4 is 14.8 Å². The minimum atomic E-state index is 0.0381. The lowest BCUT2D eigenvalue weighted by atomic mass is 10.1. The summed E-state index contributed by atoms with van der Waals surface area (Å²) in [7, 11) is 3.21. The Labute approximate surface area is 158 Å². The minimum absolute atomic E-state index is 0.0381. The first-order valence-corrected chi connectivity index (χ1v) is 9.08. The Morgan fingerprint density at radius 3 is 2.59 bits per heavy atom. The molecule has 0 bridgehead atoms. The van der Waals surface area contributed by atoms with Crippen molar-refractivity contribution in [1.29, 1.82) is 0 Å². The third kappa shape index (κ3) is 4.05. The van der Waals surface area contributed by atoms with Gasteiger partial charge in [-0.15, -0.1) is 0 Å². The van der Waals surface area contributed by atoms with Gasteiger partial charge < -0.3 is 19.8 Å². The Bertz CT molecular complexity index is 922. The Morgan fingerprint density at radius 2 is 1.89 bits per heavy atom. The molecule has 27 heavy (non-hydrogen) atoms. The van der Waals surface area contributed by atoms with Crippen molar-refractivity contribution in [2.75, 3.05) is 19.5 Å². The molecular weight excluding hydrogens is 342 g/mol. The Hall–Kier alpha value is -3.02. The maximum Gasteiger partial charge on any atom is 0.224 e. The van der Waals surface area contributed by atoms with Crippen molar-refractivity contribution in [2.24, 2.45) is 0 Å². The number of nitrogens with one attached hydrogen (secondary N) is 2. The molecule has 0 aliphatic rings. The number of nitrogens with zero attached hydrogens (tertiary/aromatic N) is 1. The first-order chi connectivity index (χ1) is 13.0. The van der Waals surface area contributed by atoms with E-state index in [0.717, 1.165) is 46.5 Å². The SMILES string of the molecule is CCCCC(=O)Nc1cc(-c2nc3cc(OC)c(OC)cc3[nH]2)ccc1C. The van der Waals surface area contributed by atoms with Crippen LogP contribution in [0.1, 0.15) is 31.7 Å². The molecule has 142 valence electrons. The zero-order valence-electron chi connectivity index (χ0n) is 16.2. The van der Waals surface area contributed by atoms with Gasteiger partial charge in [-0.2, -0.15) is 0 Å². The number of aryl methyl sites for hydroxylation is 1. The number of H-pyrrole nitrogens is 1. The van der Waals surface area contributed by atoms with Crippen molar-refractivity contribution in [3.8, 4) is 22.9 Å². The molecule has 0 aliphatic carbocycles. The average Bonchev–Trinajstić information content (AvgIpc) is 3.09. The standard InChI is InChI=1S/C21H25N3O3/c1-5-6-7-20(25)22-15-10-14(9-8-13(15)2)21-23-16-11-18(26-3)19(27-4)12-17(16)24-21/h8-12H,5-7H2,1-4H3,(H,22,25)(H,23,24). The Balaban J connectivity index is 1.94. The highest BCUT2D eigenvalue weighted by Gasteiger charge is 2.12. The predicted octanol–water partition coefficient (Wildman–Crippen LogP) is 4.68. The fourth-order valence-electron chi connectivity index (χ4n) is 2.93. The number of unbranched alkanes of at least 4 members (excludes halogenated alkanes) is 1. The van der Waals surface area contributed by atoms with Crippen LogP contribution in [0, 0.1) is 6.92 Å². The number of ether oxygens (including phenoxy) is 2. The molecule has 1 heterocycles. The van der Waals surface area contributed by atoms with Crippen molar-refractivity contribution in [3.05, 3.63) is 35.9 Å². The monoisotopic (exact) mass is 367 g/mol. The van der Waals surface area contributed by atoms with E-state index in [1.807, 2.05) is 37.3 Å². The number of amides is 1. The molecule has 0 aliphatic heterocycles. The first-order valence-electron chi connectivity index (χ1n) is 9.08. The molecule has 1 amide bonds. The smallest absolute Gasteiger partial charge is 0.224 e. The fourth-order valence-corrected chi connectivity index (χ4v) is 2.93. The summed E-state index contributed by atoms with van der Waals surface area (Å²) in [5.41, 5.74) is 4.38. The summed E-state index contributed by atoms with van der Waals surface area (Å²) in [5.74, 6) is 2.05. The topological polar surface area (TPSA) is 76.2 Å². The van der Waals surface area contributed by atoms with Crippen LogP contribution in [0.3, 0.4) is 0 Å². The number of carbonyl (C=O) groups is 1. The number of hydrogen-bond donors (Lipinski definition) is 2. The molecule has 0 unspecified atom stereocenters. The molecule has 6 nitrogen and oxygen atoms in total. The first kappa shape index (κ1) is 18.8. The number of aromatic nitrogens is 2. The number of imidazole rings is 1. The van der Waals surface area contributed by atoms with E-state index in [9.17, 15) is 4.79 Å². The van der Waals surface area contributed by atoms with Crippen molar-refractivity contribution in [3.63, 3.8) is 0 Å². The lowest BCUT2D eigenvalue weighted by Gasteiger charge is -2.09. The van der Waals surface area contributed by atoms with E-state index >= 15 is 0 Å². The lowest BCUT2D eigenvalue weighted by molar-refractivity contribution is -0.116. The molecule has 0 saturated heterocycles. The molecule has 0 fully saturated rings. The maximum absolute atomic E-state index is 12.1. The normalized spacial score (nSPS) is 10.8. The highest BCUT2D eigenvalue weighted by Crippen LogP contribution is 2.33. The average molecular weight is 367 g/mol. The van der Waals surface area contributed by atoms with Gasteiger partial charge in [0.1, 0.15) is 5.82 Å². The van der Waals surface area contributed by atoms with E-state index in [0.29, 0.717) is 17.9 Å². The summed E-state index contributed by atoms with van der Waals surface area (Å²) in [6, 6.07) is 9.63. The van der Waals surface area contributed by atoms with Crippen LogP contribution in [0.5, 0.6) is 11.5 Å². The van der Waals surface area contributed by atoms with Gasteiger partial charge in [0, 0.05) is 29.8 Å². The van der Waals surface area contributed by atoms with Gasteiger partial charge in [-0.3, -0.25) is 4.79 Å². The summed E-state index contributed by atoms with van der Waals surface area (Å²) >= 11 is 0. The van der Waals surface area contributed by atoms with E-state index in [1.54, 1.807) is 14.2 Å². The van der Waals surface area contributed by atoms with Crippen molar-refractivity contribution >= 4 is 22.6 Å². The van der Waals surface area contributed by atoms with Gasteiger partial charge in [0.2, 0.25) is 5.91 Å². The van der Waals surface area contributed by atoms with Crippen LogP contribution in [-0.2, 0) is 4.79 Å². The number of aromatic amines is 1. The molecule has 2 N–H and O–H groups in total. The molecular formula is C21H25N3O3. The number of carbonyl (C=O) groups excluding carboxylic acids is 1. The summed E-state index contributed by atoms with van der Waals surface area (Å²) in [6.45, 7) is 4.05. The van der Waals surface area contributed by atoms with Crippen molar-refractivity contribution in [1.82, 2.24) is 9.97 Å². The van der Waals surface area contributed by atoms with Crippen LogP contribution in [0.15, 0.2) is 30.3 Å². The van der Waals surface area contributed by atoms with Gasteiger partial charge in [-0.05, 0) is 25.0 Å². The van der Waals surface area contributed by atoms with E-state index < -0.39 is 0 Å². The summed E-state index contributed by atoms with van der Waals surface area (Å²) in [6.07, 6.45) is 2.42. The quantitative estimate of drug-likeness (QED) is 0.635. The number of methoxy groups -OCH3 is 2. The number of benzene rings is 2. The number of fused-ring (bicyclic) bond motifs is 1. The molecule has 3 aromatic rings. The summed E-state index contributed by atoms with van der Waals surface area (Å²) in [5, 5.41) is 3.00. The van der Waals surface area contributed by atoms with E-state index in [2.05, 4.69) is 22.2 Å². The third-order valence-electron chi connectivity index (χ3n) is 4.53. The largest absolute Gasteiger partial charge is 0.493 e. The third-order valence-corrected chi connectivity index (χ3v) is 4.53. The lowest BCUT2D eigenvalue weighted by Crippen LogP contribution is -2.12. The molecule has 6 heteroatoms. The van der Waals surface area contributed by atoms with Gasteiger partial charge in [0.15, 0.2) is 11.5 Å².